The summed E-state index contributed by atoms with van der Waals surface area (Å²) >= 11 is 0. The zero-order valence-corrected chi connectivity index (χ0v) is 56.3. The molecule has 0 aliphatic rings. The van der Waals surface area contributed by atoms with Crippen LogP contribution in [0.4, 0.5) is 0 Å². The Hall–Kier alpha value is -12.8. The van der Waals surface area contributed by atoms with E-state index in [2.05, 4.69) is 398 Å². The molecule has 0 fully saturated rings. The maximum Gasteiger partial charge on any atom is 0.0574 e. The third-order valence-electron chi connectivity index (χ3n) is 20.9. The fraction of sp³-hybridized carbons (Fsp3) is 0.0417. The molecule has 100 heavy (non-hydrogen) atoms. The van der Waals surface area contributed by atoms with Gasteiger partial charge in [-0.05, 0) is 154 Å². The van der Waals surface area contributed by atoms with Crippen molar-refractivity contribution in [1.82, 2.24) is 18.3 Å². The van der Waals surface area contributed by atoms with Crippen molar-refractivity contribution in [2.75, 3.05) is 0 Å². The van der Waals surface area contributed by atoms with Crippen LogP contribution in [0.3, 0.4) is 0 Å². The van der Waals surface area contributed by atoms with Gasteiger partial charge in [0, 0.05) is 115 Å². The van der Waals surface area contributed by atoms with Gasteiger partial charge in [0.2, 0.25) is 0 Å². The van der Waals surface area contributed by atoms with Crippen LogP contribution in [0.1, 0.15) is 0 Å². The minimum absolute atomic E-state index is 1.26. The Morgan fingerprint density at radius 2 is 0.470 bits per heavy atom. The highest BCUT2D eigenvalue weighted by Gasteiger charge is 2.19. The quantitative estimate of drug-likeness (QED) is 0.157. The van der Waals surface area contributed by atoms with Crippen LogP contribution in [-0.4, -0.2) is 18.3 Å². The van der Waals surface area contributed by atoms with Crippen molar-refractivity contribution in [2.24, 2.45) is 28.2 Å². The molecule has 474 valence electrons. The normalized spacial score (nSPS) is 11.6. The summed E-state index contributed by atoms with van der Waals surface area (Å²) in [4.78, 5) is 0. The molecule has 0 bridgehead atoms. The molecular formula is C96H70N4. The Balaban J connectivity index is 0.0000000963. The minimum atomic E-state index is 1.26. The van der Waals surface area contributed by atoms with Gasteiger partial charge in [-0.1, -0.05) is 285 Å². The topological polar surface area (TPSA) is 19.7 Å². The lowest BCUT2D eigenvalue weighted by atomic mass is 9.96. The first-order chi connectivity index (χ1) is 49.3. The Kier molecular flexibility index (Phi) is 14.8. The van der Waals surface area contributed by atoms with Gasteiger partial charge in [-0.2, -0.15) is 0 Å². The van der Waals surface area contributed by atoms with E-state index in [1.165, 1.54) is 186 Å². The number of aryl methyl sites for hydroxylation is 4. The van der Waals surface area contributed by atoms with Crippen LogP contribution in [-0.2, 0) is 28.2 Å². The van der Waals surface area contributed by atoms with Gasteiger partial charge in [0.05, 0.1) is 11.0 Å². The molecule has 0 spiro atoms. The lowest BCUT2D eigenvalue weighted by Crippen LogP contribution is -1.89. The third-order valence-corrected chi connectivity index (χ3v) is 20.9. The highest BCUT2D eigenvalue weighted by Crippen LogP contribution is 2.43. The number of fused-ring (bicyclic) bond motifs is 22. The van der Waals surface area contributed by atoms with Crippen LogP contribution < -0.4 is 0 Å². The number of nitrogens with zero attached hydrogens (tertiary/aromatic N) is 4. The molecule has 4 nitrogen and oxygen atoms in total. The van der Waals surface area contributed by atoms with Crippen molar-refractivity contribution >= 4 is 141 Å². The molecule has 17 aromatic carbocycles. The summed E-state index contributed by atoms with van der Waals surface area (Å²) in [7, 11) is 8.66. The van der Waals surface area contributed by atoms with Crippen molar-refractivity contribution in [3.05, 3.63) is 352 Å². The van der Waals surface area contributed by atoms with Crippen LogP contribution in [0.5, 0.6) is 0 Å². The zero-order chi connectivity index (χ0) is 67.0. The molecule has 0 radical (unpaired) electrons. The summed E-state index contributed by atoms with van der Waals surface area (Å²) in [5, 5.41) is 23.7. The van der Waals surface area contributed by atoms with E-state index >= 15 is 0 Å². The van der Waals surface area contributed by atoms with Gasteiger partial charge >= 0.3 is 0 Å². The molecule has 4 heteroatoms. The van der Waals surface area contributed by atoms with Crippen molar-refractivity contribution in [1.29, 1.82) is 0 Å². The standard InChI is InChI=1S/C27H19N.3C23H17N/c1-28-25-16-15-19(18-9-3-2-4-10-18)17-24(25)26-22-13-7-5-11-20(22)21-12-6-8-14-23(21)27(26)28;1-24-21-13-12-18(16-7-3-2-4-8-16)15-20(21)23-19-10-6-5-9-17(19)11-14-22(23)24;1-24-22-14-12-18(16-7-3-2-4-8-16)15-21(22)20-13-11-17-9-5-6-10-19(17)23(20)24;1-24-22-12-11-19(16-7-3-2-4-8-16)14-20(22)21-13-17-9-5-6-10-18(17)15-23(21)24/h2-17H,1H3;3*2-15H,1H3. The van der Waals surface area contributed by atoms with Crippen molar-refractivity contribution in [3.63, 3.8) is 0 Å². The van der Waals surface area contributed by atoms with Gasteiger partial charge in [0.25, 0.3) is 0 Å². The van der Waals surface area contributed by atoms with E-state index < -0.39 is 0 Å². The van der Waals surface area contributed by atoms with Gasteiger partial charge in [0.1, 0.15) is 0 Å². The van der Waals surface area contributed by atoms with E-state index in [1.54, 1.807) is 0 Å². The fourth-order valence-electron chi connectivity index (χ4n) is 16.0. The van der Waals surface area contributed by atoms with Crippen LogP contribution >= 0.6 is 0 Å². The minimum Gasteiger partial charge on any atom is -0.344 e. The summed E-state index contributed by atoms with van der Waals surface area (Å²) in [6.07, 6.45) is 0. The number of aromatic nitrogens is 4. The van der Waals surface area contributed by atoms with E-state index in [-0.39, 0.29) is 0 Å². The Morgan fingerprint density at radius 3 is 1.01 bits per heavy atom. The number of benzene rings is 17. The number of hydrogen-bond donors (Lipinski definition) is 0. The summed E-state index contributed by atoms with van der Waals surface area (Å²) in [5.41, 5.74) is 20.4. The second-order valence-corrected chi connectivity index (χ2v) is 26.5. The van der Waals surface area contributed by atoms with E-state index in [9.17, 15) is 0 Å². The average Bonchev–Trinajstić information content (AvgIpc) is 1.55. The Morgan fingerprint density at radius 1 is 0.150 bits per heavy atom. The first-order valence-corrected chi connectivity index (χ1v) is 34.5. The molecule has 21 aromatic rings. The van der Waals surface area contributed by atoms with Crippen LogP contribution in [0.25, 0.3) is 186 Å². The number of rotatable bonds is 4. The molecule has 21 rings (SSSR count). The summed E-state index contributed by atoms with van der Waals surface area (Å²) < 4.78 is 9.27. The van der Waals surface area contributed by atoms with Gasteiger partial charge in [-0.15, -0.1) is 0 Å². The van der Waals surface area contributed by atoms with Crippen LogP contribution in [0.15, 0.2) is 352 Å². The van der Waals surface area contributed by atoms with E-state index in [1.807, 2.05) is 0 Å². The van der Waals surface area contributed by atoms with Gasteiger partial charge in [-0.25, -0.2) is 0 Å². The van der Waals surface area contributed by atoms with Gasteiger partial charge in [-0.3, -0.25) is 0 Å². The molecule has 0 saturated heterocycles. The third kappa shape index (κ3) is 10.1. The monoisotopic (exact) mass is 1280 g/mol. The van der Waals surface area contributed by atoms with Crippen molar-refractivity contribution in [2.45, 2.75) is 0 Å². The van der Waals surface area contributed by atoms with Gasteiger partial charge < -0.3 is 18.3 Å². The largest absolute Gasteiger partial charge is 0.344 e. The lowest BCUT2D eigenvalue weighted by Gasteiger charge is -2.08. The first-order valence-electron chi connectivity index (χ1n) is 34.5. The molecule has 0 atom stereocenters. The predicted molar refractivity (Wildman–Crippen MR) is 431 cm³/mol. The second kappa shape index (κ2) is 24.7. The van der Waals surface area contributed by atoms with Crippen LogP contribution in [0.2, 0.25) is 0 Å². The smallest absolute Gasteiger partial charge is 0.0574 e. The molecule has 0 saturated carbocycles. The fourth-order valence-corrected chi connectivity index (χ4v) is 16.0. The Labute approximate surface area is 580 Å². The van der Waals surface area contributed by atoms with Gasteiger partial charge in [0.15, 0.2) is 0 Å². The maximum absolute atomic E-state index is 2.36. The molecule has 4 aromatic heterocycles. The lowest BCUT2D eigenvalue weighted by molar-refractivity contribution is 1.01. The summed E-state index contributed by atoms with van der Waals surface area (Å²) in [6, 6.07) is 127. The first kappa shape index (κ1) is 59.7. The summed E-state index contributed by atoms with van der Waals surface area (Å²) in [5.74, 6) is 0. The average molecular weight is 1280 g/mol. The van der Waals surface area contributed by atoms with Crippen molar-refractivity contribution in [3.8, 4) is 44.5 Å². The zero-order valence-electron chi connectivity index (χ0n) is 56.3. The number of hydrogen-bond acceptors (Lipinski definition) is 0. The molecule has 0 N–H and O–H groups in total. The van der Waals surface area contributed by atoms with E-state index in [4.69, 9.17) is 0 Å². The van der Waals surface area contributed by atoms with Crippen LogP contribution in [0, 0.1) is 0 Å². The SMILES string of the molecule is Cn1c2ccc(-c3ccccc3)cc2c2c3ccccc3c3ccccc3c21.Cn1c2ccc(-c3ccccc3)cc2c2c3ccccc3ccc21.Cn1c2ccc(-c3ccccc3)cc2c2cc3ccccc3cc21.Cn1c2ccc(-c3ccccc3)cc2c2ccc3ccccc3c21. The maximum atomic E-state index is 2.36. The van der Waals surface area contributed by atoms with E-state index in [0.717, 1.165) is 0 Å². The predicted octanol–water partition coefficient (Wildman–Crippen LogP) is 25.8. The molecule has 0 amide bonds. The summed E-state index contributed by atoms with van der Waals surface area (Å²) in [6.45, 7) is 0. The van der Waals surface area contributed by atoms with Crippen molar-refractivity contribution < 1.29 is 0 Å². The highest BCUT2D eigenvalue weighted by atomic mass is 15.0. The Bertz CT molecular complexity index is 6660. The second-order valence-electron chi connectivity index (χ2n) is 26.5. The molecule has 4 heterocycles. The highest BCUT2D eigenvalue weighted by molar-refractivity contribution is 6.32. The molecule has 0 unspecified atom stereocenters. The molecular weight excluding hydrogens is 1210 g/mol. The van der Waals surface area contributed by atoms with E-state index in [0.29, 0.717) is 0 Å². The molecule has 0 aliphatic carbocycles. The molecule has 0 aliphatic heterocycles.